The molecule has 0 aliphatic heterocycles. The Kier molecular flexibility index (Phi) is 8.44. The number of hydrogen-bond donors (Lipinski definition) is 2. The van der Waals surface area contributed by atoms with Gasteiger partial charge in [-0.25, -0.2) is 4.39 Å². The summed E-state index contributed by atoms with van der Waals surface area (Å²) in [6.07, 6.45) is 2.79. The van der Waals surface area contributed by atoms with E-state index < -0.39 is 20.2 Å². The summed E-state index contributed by atoms with van der Waals surface area (Å²) in [5, 5.41) is 14.8. The molecule has 1 unspecified atom stereocenters. The average Bonchev–Trinajstić information content (AvgIpc) is 3.69. The van der Waals surface area contributed by atoms with Crippen LogP contribution in [0.25, 0.3) is 21.9 Å². The summed E-state index contributed by atoms with van der Waals surface area (Å²) >= 11 is 0. The normalized spacial score (nSPS) is 15.3. The van der Waals surface area contributed by atoms with Crippen LogP contribution in [0.3, 0.4) is 0 Å². The van der Waals surface area contributed by atoms with E-state index in [1.165, 1.54) is 6.07 Å². The fourth-order valence-electron chi connectivity index (χ4n) is 4.74. The Labute approximate surface area is 244 Å². The number of benzene rings is 2. The van der Waals surface area contributed by atoms with Gasteiger partial charge in [-0.2, -0.15) is 0 Å². The van der Waals surface area contributed by atoms with Crippen molar-refractivity contribution >= 4 is 25.0 Å². The van der Waals surface area contributed by atoms with E-state index in [1.54, 1.807) is 42.8 Å². The maximum atomic E-state index is 15.0. The van der Waals surface area contributed by atoms with Crippen LogP contribution in [0.15, 0.2) is 41.3 Å². The number of aliphatic hydroxyl groups is 1. The van der Waals surface area contributed by atoms with E-state index >= 15 is 0 Å². The van der Waals surface area contributed by atoms with Gasteiger partial charge in [-0.05, 0) is 91.2 Å². The summed E-state index contributed by atoms with van der Waals surface area (Å²) in [4.78, 5) is 26.4. The molecule has 1 atom stereocenters. The van der Waals surface area contributed by atoms with E-state index in [-0.39, 0.29) is 33.5 Å². The Morgan fingerprint density at radius 1 is 1.15 bits per heavy atom. The van der Waals surface area contributed by atoms with Crippen LogP contribution in [0.5, 0.6) is 0 Å². The first-order valence-electron chi connectivity index (χ1n) is 14.5. The Balaban J connectivity index is 1.72. The van der Waals surface area contributed by atoms with E-state index in [0.29, 0.717) is 46.2 Å². The van der Waals surface area contributed by atoms with Crippen LogP contribution in [-0.4, -0.2) is 36.5 Å². The number of pyridine rings is 1. The zero-order valence-corrected chi connectivity index (χ0v) is 26.9. The molecule has 0 bridgehead atoms. The third-order valence-corrected chi connectivity index (χ3v) is 13.1. The van der Waals surface area contributed by atoms with E-state index in [1.807, 2.05) is 6.07 Å². The van der Waals surface area contributed by atoms with Gasteiger partial charge in [0.15, 0.2) is 8.32 Å². The summed E-state index contributed by atoms with van der Waals surface area (Å²) in [6.45, 7) is 19.5. The molecule has 4 rings (SSSR count). The van der Waals surface area contributed by atoms with Gasteiger partial charge in [-0.1, -0.05) is 40.7 Å². The number of aromatic nitrogens is 1. The summed E-state index contributed by atoms with van der Waals surface area (Å²) in [5.74, 6) is -0.752. The highest BCUT2D eigenvalue weighted by Gasteiger charge is 2.38. The number of nitrogens with one attached hydrogen (secondary N) is 1. The monoisotopic (exact) mass is 580 g/mol. The molecule has 222 valence electrons. The molecule has 1 aromatic heterocycles. The van der Waals surface area contributed by atoms with Gasteiger partial charge >= 0.3 is 0 Å². The van der Waals surface area contributed by atoms with E-state index in [9.17, 15) is 19.1 Å². The number of carbonyl (C=O) groups is 1. The summed E-state index contributed by atoms with van der Waals surface area (Å²) in [5.41, 5.74) is 2.08. The van der Waals surface area contributed by atoms with Crippen molar-refractivity contribution in [2.45, 2.75) is 98.1 Å². The number of carbonyl (C=O) groups excluding carboxylic acids is 1. The number of halogens is 1. The predicted octanol–water partition coefficient (Wildman–Crippen LogP) is 7.11. The minimum absolute atomic E-state index is 0.0852. The van der Waals surface area contributed by atoms with Crippen molar-refractivity contribution < 1.29 is 18.7 Å². The highest BCUT2D eigenvalue weighted by molar-refractivity contribution is 6.74. The number of rotatable bonds is 9. The minimum atomic E-state index is -1.96. The fourth-order valence-corrected chi connectivity index (χ4v) is 5.93. The number of fused-ring (bicyclic) bond motifs is 1. The minimum Gasteiger partial charge on any atom is -0.416 e. The molecule has 1 amide bonds. The molecule has 2 aromatic carbocycles. The van der Waals surface area contributed by atoms with Gasteiger partial charge in [-0.15, -0.1) is 0 Å². The molecule has 6 nitrogen and oxygen atoms in total. The van der Waals surface area contributed by atoms with Crippen molar-refractivity contribution in [1.29, 1.82) is 0 Å². The Morgan fingerprint density at radius 3 is 2.39 bits per heavy atom. The highest BCUT2D eigenvalue weighted by Crippen LogP contribution is 2.38. The first-order chi connectivity index (χ1) is 18.9. The Morgan fingerprint density at radius 2 is 1.80 bits per heavy atom. The topological polar surface area (TPSA) is 80.6 Å². The molecule has 41 heavy (non-hydrogen) atoms. The molecule has 1 heterocycles. The zero-order valence-electron chi connectivity index (χ0n) is 25.9. The molecule has 0 saturated heterocycles. The van der Waals surface area contributed by atoms with Crippen molar-refractivity contribution in [2.75, 3.05) is 6.61 Å². The van der Waals surface area contributed by atoms with Gasteiger partial charge in [0.1, 0.15) is 5.82 Å². The van der Waals surface area contributed by atoms with Crippen LogP contribution in [0.4, 0.5) is 4.39 Å². The van der Waals surface area contributed by atoms with Gasteiger partial charge < -0.3 is 19.4 Å². The third-order valence-electron chi connectivity index (χ3n) is 8.63. The second-order valence-corrected chi connectivity index (χ2v) is 18.9. The second-order valence-electron chi connectivity index (χ2n) is 14.0. The molecule has 1 aliphatic carbocycles. The standard InChI is InChI=1S/C33H45FN2O4Si/c1-20-26(15-23(16-29(20)34)30(38)35-24-11-12-24)22-10-13-25-27(14-22)28(21(2)37)17-36(31(25)39)18-33(6,7)19-40-41(8,9)32(3,4)5/h10,13-17,21,24,37H,11-12,18-19H2,1-9H3,(H,35,38). The molecule has 3 aromatic rings. The van der Waals surface area contributed by atoms with Crippen molar-refractivity contribution in [3.8, 4) is 11.1 Å². The number of amides is 1. The SMILES string of the molecule is Cc1c(F)cc(C(=O)NC2CC2)cc1-c1ccc2c(=O)n(CC(C)(C)CO[Si](C)(C)C(C)(C)C)cc(C(C)O)c2c1. The predicted molar refractivity (Wildman–Crippen MR) is 166 cm³/mol. The summed E-state index contributed by atoms with van der Waals surface area (Å²) in [7, 11) is -1.96. The molecular weight excluding hydrogens is 535 g/mol. The van der Waals surface area contributed by atoms with Crippen LogP contribution in [0.2, 0.25) is 18.1 Å². The van der Waals surface area contributed by atoms with Crippen LogP contribution in [-0.2, 0) is 11.0 Å². The van der Waals surface area contributed by atoms with E-state index in [2.05, 4.69) is 53.0 Å². The Hall–Kier alpha value is -2.81. The van der Waals surface area contributed by atoms with Gasteiger partial charge in [0.25, 0.3) is 11.5 Å². The van der Waals surface area contributed by atoms with Crippen molar-refractivity contribution in [1.82, 2.24) is 9.88 Å². The zero-order chi connectivity index (χ0) is 30.5. The number of hydrogen-bond acceptors (Lipinski definition) is 4. The lowest BCUT2D eigenvalue weighted by atomic mass is 9.92. The molecular formula is C33H45FN2O4Si. The molecule has 1 saturated carbocycles. The molecule has 0 spiro atoms. The van der Waals surface area contributed by atoms with Crippen LogP contribution >= 0.6 is 0 Å². The maximum Gasteiger partial charge on any atom is 0.258 e. The fraction of sp³-hybridized carbons (Fsp3) is 0.515. The molecule has 1 fully saturated rings. The smallest absolute Gasteiger partial charge is 0.258 e. The largest absolute Gasteiger partial charge is 0.416 e. The van der Waals surface area contributed by atoms with Crippen molar-refractivity contribution in [3.63, 3.8) is 0 Å². The lowest BCUT2D eigenvalue weighted by Crippen LogP contribution is -2.44. The summed E-state index contributed by atoms with van der Waals surface area (Å²) < 4.78 is 23.1. The number of nitrogens with zero attached hydrogens (tertiary/aromatic N) is 1. The second kappa shape index (κ2) is 11.1. The highest BCUT2D eigenvalue weighted by atomic mass is 28.4. The van der Waals surface area contributed by atoms with Crippen molar-refractivity contribution in [3.05, 3.63) is 69.4 Å². The van der Waals surface area contributed by atoms with Gasteiger partial charge in [0.05, 0.1) is 6.10 Å². The molecule has 8 heteroatoms. The van der Waals surface area contributed by atoms with Crippen LogP contribution in [0.1, 0.15) is 82.0 Å². The maximum absolute atomic E-state index is 15.0. The van der Waals surface area contributed by atoms with Crippen LogP contribution in [0, 0.1) is 18.2 Å². The third kappa shape index (κ3) is 6.82. The lowest BCUT2D eigenvalue weighted by molar-refractivity contribution is 0.0950. The van der Waals surface area contributed by atoms with Gasteiger partial charge in [-0.3, -0.25) is 9.59 Å². The van der Waals surface area contributed by atoms with Crippen LogP contribution < -0.4 is 10.9 Å². The first-order valence-corrected chi connectivity index (χ1v) is 17.4. The summed E-state index contributed by atoms with van der Waals surface area (Å²) in [6, 6.07) is 8.48. The van der Waals surface area contributed by atoms with E-state index in [0.717, 1.165) is 12.8 Å². The number of aliphatic hydroxyl groups excluding tert-OH is 1. The molecule has 0 radical (unpaired) electrons. The Bertz CT molecular complexity index is 1530. The molecule has 1 aliphatic rings. The average molecular weight is 581 g/mol. The lowest BCUT2D eigenvalue weighted by Gasteiger charge is -2.39. The van der Waals surface area contributed by atoms with Gasteiger partial charge in [0, 0.05) is 47.3 Å². The van der Waals surface area contributed by atoms with Crippen molar-refractivity contribution in [2.24, 2.45) is 5.41 Å². The van der Waals surface area contributed by atoms with Gasteiger partial charge in [0.2, 0.25) is 0 Å². The molecule has 2 N–H and O–H groups in total. The van der Waals surface area contributed by atoms with E-state index in [4.69, 9.17) is 4.43 Å². The quantitative estimate of drug-likeness (QED) is 0.264. The first kappa shape index (κ1) is 31.1.